The molecule has 0 N–H and O–H groups in total. The van der Waals surface area contributed by atoms with Gasteiger partial charge in [0.25, 0.3) is 11.8 Å². The maximum absolute atomic E-state index is 12.9. The van der Waals surface area contributed by atoms with E-state index < -0.39 is 6.10 Å². The summed E-state index contributed by atoms with van der Waals surface area (Å²) < 4.78 is 5.99. The summed E-state index contributed by atoms with van der Waals surface area (Å²) in [7, 11) is 0. The van der Waals surface area contributed by atoms with E-state index in [0.717, 1.165) is 11.3 Å². The lowest BCUT2D eigenvalue weighted by molar-refractivity contribution is -0.139. The molecular weight excluding hydrogens is 388 g/mol. The van der Waals surface area contributed by atoms with E-state index >= 15 is 0 Å². The Labute approximate surface area is 177 Å². The van der Waals surface area contributed by atoms with Crippen molar-refractivity contribution in [3.05, 3.63) is 64.7 Å². The molecule has 0 aliphatic carbocycles. The van der Waals surface area contributed by atoms with Gasteiger partial charge in [0.1, 0.15) is 5.75 Å². The van der Waals surface area contributed by atoms with Crippen molar-refractivity contribution < 1.29 is 14.3 Å². The molecule has 1 saturated heterocycles. The molecule has 2 aromatic carbocycles. The van der Waals surface area contributed by atoms with Gasteiger partial charge in [-0.15, -0.1) is 0 Å². The third-order valence-corrected chi connectivity index (χ3v) is 5.38. The fourth-order valence-corrected chi connectivity index (χ4v) is 3.69. The first-order chi connectivity index (χ1) is 13.9. The van der Waals surface area contributed by atoms with Gasteiger partial charge < -0.3 is 14.5 Å². The molecule has 1 unspecified atom stereocenters. The van der Waals surface area contributed by atoms with Crippen molar-refractivity contribution in [1.29, 1.82) is 0 Å². The smallest absolute Gasteiger partial charge is 0.263 e. The Morgan fingerprint density at radius 2 is 1.59 bits per heavy atom. The number of halogens is 1. The number of benzene rings is 2. The van der Waals surface area contributed by atoms with E-state index in [2.05, 4.69) is 13.8 Å². The average Bonchev–Trinajstić information content (AvgIpc) is 2.73. The molecule has 0 radical (unpaired) electrons. The van der Waals surface area contributed by atoms with Gasteiger partial charge in [-0.1, -0.05) is 49.7 Å². The number of ether oxygens (including phenoxy) is 1. The lowest BCUT2D eigenvalue weighted by Crippen LogP contribution is -2.53. The minimum atomic E-state index is -0.579. The van der Waals surface area contributed by atoms with Crippen LogP contribution in [0.5, 0.6) is 5.75 Å². The zero-order valence-electron chi connectivity index (χ0n) is 17.1. The summed E-state index contributed by atoms with van der Waals surface area (Å²) in [6.07, 6.45) is -0.579. The standard InChI is InChI=1S/C23H27ClN2O3/c1-16(2)20-9-4-5-10-21(20)29-17(3)22(27)25-11-13-26(14-12-25)23(28)18-7-6-8-19(24)15-18/h4-10,15-17H,11-14H2,1-3H3. The second-order valence-electron chi connectivity index (χ2n) is 7.58. The number of carbonyl (C=O) groups is 2. The monoisotopic (exact) mass is 414 g/mol. The second-order valence-corrected chi connectivity index (χ2v) is 8.02. The third-order valence-electron chi connectivity index (χ3n) is 5.14. The molecule has 1 heterocycles. The lowest BCUT2D eigenvalue weighted by Gasteiger charge is -2.36. The molecule has 6 heteroatoms. The van der Waals surface area contributed by atoms with E-state index in [-0.39, 0.29) is 11.8 Å². The van der Waals surface area contributed by atoms with Gasteiger partial charge in [-0.05, 0) is 42.7 Å². The Morgan fingerprint density at radius 3 is 2.24 bits per heavy atom. The molecule has 1 atom stereocenters. The first-order valence-corrected chi connectivity index (χ1v) is 10.3. The first-order valence-electron chi connectivity index (χ1n) is 9.96. The van der Waals surface area contributed by atoms with E-state index in [1.807, 2.05) is 24.3 Å². The quantitative estimate of drug-likeness (QED) is 0.736. The molecule has 0 aromatic heterocycles. The van der Waals surface area contributed by atoms with Crippen molar-refractivity contribution in [2.24, 2.45) is 0 Å². The summed E-state index contributed by atoms with van der Waals surface area (Å²) in [6, 6.07) is 14.8. The van der Waals surface area contributed by atoms with Gasteiger partial charge in [-0.2, -0.15) is 0 Å². The van der Waals surface area contributed by atoms with Crippen LogP contribution in [-0.2, 0) is 4.79 Å². The van der Waals surface area contributed by atoms with Crippen molar-refractivity contribution in [3.8, 4) is 5.75 Å². The van der Waals surface area contributed by atoms with Crippen LogP contribution in [-0.4, -0.2) is 53.9 Å². The third kappa shape index (κ3) is 5.10. The van der Waals surface area contributed by atoms with Crippen molar-refractivity contribution in [2.45, 2.75) is 32.8 Å². The normalized spacial score (nSPS) is 15.3. The SMILES string of the molecule is CC(Oc1ccccc1C(C)C)C(=O)N1CCN(C(=O)c2cccc(Cl)c2)CC1. The van der Waals surface area contributed by atoms with Crippen LogP contribution in [0.15, 0.2) is 48.5 Å². The highest BCUT2D eigenvalue weighted by atomic mass is 35.5. The lowest BCUT2D eigenvalue weighted by atomic mass is 10.0. The second kappa shape index (κ2) is 9.31. The fourth-order valence-electron chi connectivity index (χ4n) is 3.50. The number of carbonyl (C=O) groups excluding carboxylic acids is 2. The van der Waals surface area contributed by atoms with Crippen molar-refractivity contribution in [1.82, 2.24) is 9.80 Å². The number of nitrogens with zero attached hydrogens (tertiary/aromatic N) is 2. The van der Waals surface area contributed by atoms with Crippen molar-refractivity contribution in [3.63, 3.8) is 0 Å². The van der Waals surface area contributed by atoms with Crippen LogP contribution in [0.1, 0.15) is 42.6 Å². The van der Waals surface area contributed by atoms with Gasteiger partial charge in [0.05, 0.1) is 0 Å². The molecule has 5 nitrogen and oxygen atoms in total. The average molecular weight is 415 g/mol. The molecule has 1 aliphatic heterocycles. The fraction of sp³-hybridized carbons (Fsp3) is 0.391. The topological polar surface area (TPSA) is 49.9 Å². The van der Waals surface area contributed by atoms with Gasteiger partial charge in [0.15, 0.2) is 6.10 Å². The van der Waals surface area contributed by atoms with Crippen LogP contribution < -0.4 is 4.74 Å². The molecule has 29 heavy (non-hydrogen) atoms. The Balaban J connectivity index is 1.58. The summed E-state index contributed by atoms with van der Waals surface area (Å²) in [6.45, 7) is 7.95. The highest BCUT2D eigenvalue weighted by Gasteiger charge is 2.28. The van der Waals surface area contributed by atoms with Gasteiger partial charge in [0, 0.05) is 36.8 Å². The van der Waals surface area contributed by atoms with E-state index in [1.165, 1.54) is 0 Å². The Hall–Kier alpha value is -2.53. The number of hydrogen-bond donors (Lipinski definition) is 0. The van der Waals surface area contributed by atoms with Crippen LogP contribution >= 0.6 is 11.6 Å². The van der Waals surface area contributed by atoms with Gasteiger partial charge in [-0.3, -0.25) is 9.59 Å². The number of para-hydroxylation sites is 1. The molecule has 0 spiro atoms. The molecule has 0 bridgehead atoms. The molecule has 3 rings (SSSR count). The highest BCUT2D eigenvalue weighted by Crippen LogP contribution is 2.27. The Bertz CT molecular complexity index is 876. The molecule has 0 saturated carbocycles. The molecular formula is C23H27ClN2O3. The number of amides is 2. The van der Waals surface area contributed by atoms with Gasteiger partial charge >= 0.3 is 0 Å². The molecule has 2 amide bonds. The predicted molar refractivity (Wildman–Crippen MR) is 115 cm³/mol. The molecule has 154 valence electrons. The number of piperazine rings is 1. The van der Waals surface area contributed by atoms with E-state index in [0.29, 0.717) is 42.7 Å². The molecule has 1 fully saturated rings. The van der Waals surface area contributed by atoms with Crippen molar-refractivity contribution >= 4 is 23.4 Å². The van der Waals surface area contributed by atoms with Crippen LogP contribution in [0, 0.1) is 0 Å². The van der Waals surface area contributed by atoms with E-state index in [1.54, 1.807) is 41.0 Å². The minimum Gasteiger partial charge on any atom is -0.481 e. The van der Waals surface area contributed by atoms with Gasteiger partial charge in [-0.25, -0.2) is 0 Å². The summed E-state index contributed by atoms with van der Waals surface area (Å²) in [5, 5.41) is 0.539. The van der Waals surface area contributed by atoms with E-state index in [4.69, 9.17) is 16.3 Å². The van der Waals surface area contributed by atoms with Crippen LogP contribution in [0.2, 0.25) is 5.02 Å². The van der Waals surface area contributed by atoms with Crippen molar-refractivity contribution in [2.75, 3.05) is 26.2 Å². The van der Waals surface area contributed by atoms with Crippen LogP contribution in [0.25, 0.3) is 0 Å². The Kier molecular flexibility index (Phi) is 6.80. The zero-order valence-corrected chi connectivity index (χ0v) is 17.9. The highest BCUT2D eigenvalue weighted by molar-refractivity contribution is 6.30. The maximum Gasteiger partial charge on any atom is 0.263 e. The molecule has 2 aromatic rings. The van der Waals surface area contributed by atoms with E-state index in [9.17, 15) is 9.59 Å². The van der Waals surface area contributed by atoms with Crippen LogP contribution in [0.3, 0.4) is 0 Å². The number of hydrogen-bond acceptors (Lipinski definition) is 3. The predicted octanol–water partition coefficient (Wildman–Crippen LogP) is 4.22. The summed E-state index contributed by atoms with van der Waals surface area (Å²) >= 11 is 5.99. The van der Waals surface area contributed by atoms with Gasteiger partial charge in [0.2, 0.25) is 0 Å². The maximum atomic E-state index is 12.9. The summed E-state index contributed by atoms with van der Waals surface area (Å²) in [4.78, 5) is 29.0. The summed E-state index contributed by atoms with van der Waals surface area (Å²) in [5.41, 5.74) is 1.66. The summed E-state index contributed by atoms with van der Waals surface area (Å²) in [5.74, 6) is 0.945. The Morgan fingerprint density at radius 1 is 0.931 bits per heavy atom. The number of rotatable bonds is 5. The first kappa shape index (κ1) is 21.2. The molecule has 1 aliphatic rings. The minimum absolute atomic E-state index is 0.0570. The largest absolute Gasteiger partial charge is 0.481 e. The van der Waals surface area contributed by atoms with Crippen LogP contribution in [0.4, 0.5) is 0 Å². The zero-order chi connectivity index (χ0) is 21.0.